The Labute approximate surface area is 106 Å². The fraction of sp³-hybridized carbons (Fsp3) is 0.385. The van der Waals surface area contributed by atoms with Crippen molar-refractivity contribution in [2.75, 3.05) is 5.75 Å². The molecule has 3 nitrogen and oxygen atoms in total. The van der Waals surface area contributed by atoms with Crippen LogP contribution >= 0.6 is 11.8 Å². The minimum absolute atomic E-state index is 0.0647. The van der Waals surface area contributed by atoms with Gasteiger partial charge in [0.15, 0.2) is 0 Å². The van der Waals surface area contributed by atoms with Crippen LogP contribution in [0.3, 0.4) is 0 Å². The van der Waals surface area contributed by atoms with Crippen LogP contribution < -0.4 is 5.32 Å². The van der Waals surface area contributed by atoms with Crippen molar-refractivity contribution < 1.29 is 9.59 Å². The number of amides is 1. The third-order valence-corrected chi connectivity index (χ3v) is 3.21. The van der Waals surface area contributed by atoms with Crippen LogP contribution in [0.2, 0.25) is 0 Å². The van der Waals surface area contributed by atoms with Gasteiger partial charge in [-0.25, -0.2) is 0 Å². The molecule has 92 valence electrons. The first kappa shape index (κ1) is 13.8. The molecule has 0 fully saturated rings. The lowest BCUT2D eigenvalue weighted by molar-refractivity contribution is -0.123. The van der Waals surface area contributed by atoms with Crippen LogP contribution in [0.5, 0.6) is 0 Å². The predicted octanol–water partition coefficient (Wildman–Crippen LogP) is 2.01. The summed E-state index contributed by atoms with van der Waals surface area (Å²) in [5, 5.41) is 2.61. The first-order valence-corrected chi connectivity index (χ1v) is 6.74. The standard InChI is InChI=1S/C13H17NO2S/c1-11(9-15)14-13(16)7-8-17-10-12-5-3-2-4-6-12/h2-6,9,11H,7-8,10H2,1H3,(H,14,16)/t11-/m0/s1. The molecule has 4 heteroatoms. The zero-order valence-electron chi connectivity index (χ0n) is 9.89. The molecular weight excluding hydrogens is 234 g/mol. The van der Waals surface area contributed by atoms with Gasteiger partial charge >= 0.3 is 0 Å². The van der Waals surface area contributed by atoms with E-state index in [0.29, 0.717) is 6.42 Å². The molecule has 17 heavy (non-hydrogen) atoms. The first-order valence-electron chi connectivity index (χ1n) is 5.58. The second-order valence-electron chi connectivity index (χ2n) is 3.78. The minimum Gasteiger partial charge on any atom is -0.347 e. The van der Waals surface area contributed by atoms with Crippen molar-refractivity contribution in [3.63, 3.8) is 0 Å². The molecule has 0 aliphatic carbocycles. The number of thioether (sulfide) groups is 1. The van der Waals surface area contributed by atoms with Crippen molar-refractivity contribution in [3.8, 4) is 0 Å². The van der Waals surface area contributed by atoms with Crippen molar-refractivity contribution in [3.05, 3.63) is 35.9 Å². The first-order chi connectivity index (χ1) is 8.22. The number of nitrogens with one attached hydrogen (secondary N) is 1. The van der Waals surface area contributed by atoms with Crippen molar-refractivity contribution in [2.45, 2.75) is 25.1 Å². The maximum atomic E-state index is 11.3. The van der Waals surface area contributed by atoms with Gasteiger partial charge in [-0.05, 0) is 12.5 Å². The van der Waals surface area contributed by atoms with Gasteiger partial charge < -0.3 is 10.1 Å². The van der Waals surface area contributed by atoms with Gasteiger partial charge in [-0.15, -0.1) is 0 Å². The molecule has 0 saturated carbocycles. The highest BCUT2D eigenvalue weighted by Crippen LogP contribution is 2.12. The van der Waals surface area contributed by atoms with Gasteiger partial charge in [0.2, 0.25) is 5.91 Å². The van der Waals surface area contributed by atoms with E-state index >= 15 is 0 Å². The molecule has 0 radical (unpaired) electrons. The monoisotopic (exact) mass is 251 g/mol. The summed E-state index contributed by atoms with van der Waals surface area (Å²) in [6.45, 7) is 1.67. The molecule has 1 rings (SSSR count). The van der Waals surface area contributed by atoms with E-state index < -0.39 is 0 Å². The minimum atomic E-state index is -0.387. The molecule has 0 aliphatic rings. The fourth-order valence-electron chi connectivity index (χ4n) is 1.29. The van der Waals surface area contributed by atoms with E-state index in [1.807, 2.05) is 18.2 Å². The summed E-state index contributed by atoms with van der Waals surface area (Å²) in [5.41, 5.74) is 1.26. The van der Waals surface area contributed by atoms with Crippen LogP contribution in [0.1, 0.15) is 18.9 Å². The van der Waals surface area contributed by atoms with Crippen molar-refractivity contribution in [2.24, 2.45) is 0 Å². The summed E-state index contributed by atoms with van der Waals surface area (Å²) in [6, 6.07) is 9.76. The van der Waals surface area contributed by atoms with Crippen LogP contribution in [-0.4, -0.2) is 24.0 Å². The van der Waals surface area contributed by atoms with E-state index in [-0.39, 0.29) is 11.9 Å². The van der Waals surface area contributed by atoms with Gasteiger partial charge in [0, 0.05) is 17.9 Å². The SMILES string of the molecule is C[C@@H](C=O)NC(=O)CCSCc1ccccc1. The Morgan fingerprint density at radius 3 is 2.76 bits per heavy atom. The summed E-state index contributed by atoms with van der Waals surface area (Å²) >= 11 is 1.72. The Balaban J connectivity index is 2.12. The fourth-order valence-corrected chi connectivity index (χ4v) is 2.19. The van der Waals surface area contributed by atoms with Gasteiger partial charge in [-0.1, -0.05) is 30.3 Å². The van der Waals surface area contributed by atoms with E-state index in [4.69, 9.17) is 0 Å². The average molecular weight is 251 g/mol. The largest absolute Gasteiger partial charge is 0.347 e. The van der Waals surface area contributed by atoms with Crippen molar-refractivity contribution in [1.82, 2.24) is 5.32 Å². The average Bonchev–Trinajstić information content (AvgIpc) is 2.36. The second-order valence-corrected chi connectivity index (χ2v) is 4.89. The number of benzene rings is 1. The molecule has 0 bridgehead atoms. The van der Waals surface area contributed by atoms with Crippen LogP contribution in [-0.2, 0) is 15.3 Å². The van der Waals surface area contributed by atoms with Crippen LogP contribution in [0.15, 0.2) is 30.3 Å². The highest BCUT2D eigenvalue weighted by atomic mass is 32.2. The third-order valence-electron chi connectivity index (χ3n) is 2.18. The molecule has 0 aromatic heterocycles. The lowest BCUT2D eigenvalue weighted by Gasteiger charge is -2.06. The zero-order valence-corrected chi connectivity index (χ0v) is 10.7. The molecular formula is C13H17NO2S. The van der Waals surface area contributed by atoms with Crippen LogP contribution in [0.25, 0.3) is 0 Å². The molecule has 0 heterocycles. The summed E-state index contributed by atoms with van der Waals surface area (Å²) in [4.78, 5) is 21.7. The Morgan fingerprint density at radius 1 is 1.41 bits per heavy atom. The van der Waals surface area contributed by atoms with Gasteiger partial charge in [0.05, 0.1) is 6.04 Å². The molecule has 0 aliphatic heterocycles. The summed E-state index contributed by atoms with van der Waals surface area (Å²) in [5.74, 6) is 1.62. The zero-order chi connectivity index (χ0) is 12.5. The molecule has 1 aromatic carbocycles. The van der Waals surface area contributed by atoms with Crippen molar-refractivity contribution in [1.29, 1.82) is 0 Å². The molecule has 0 saturated heterocycles. The molecule has 1 amide bonds. The topological polar surface area (TPSA) is 46.2 Å². The van der Waals surface area contributed by atoms with E-state index in [0.717, 1.165) is 17.8 Å². The van der Waals surface area contributed by atoms with Gasteiger partial charge in [-0.2, -0.15) is 11.8 Å². The Morgan fingerprint density at radius 2 is 2.12 bits per heavy atom. The Hall–Kier alpha value is -1.29. The number of carbonyl (C=O) groups excluding carboxylic acids is 2. The quantitative estimate of drug-likeness (QED) is 0.595. The lowest BCUT2D eigenvalue weighted by atomic mass is 10.2. The normalized spacial score (nSPS) is 11.8. The maximum Gasteiger partial charge on any atom is 0.221 e. The lowest BCUT2D eigenvalue weighted by Crippen LogP contribution is -2.33. The number of hydrogen-bond donors (Lipinski definition) is 1. The molecule has 1 aromatic rings. The maximum absolute atomic E-state index is 11.3. The number of carbonyl (C=O) groups is 2. The summed E-state index contributed by atoms with van der Waals surface area (Å²) in [7, 11) is 0. The van der Waals surface area contributed by atoms with E-state index in [1.54, 1.807) is 18.7 Å². The Kier molecular flexibility index (Phi) is 6.40. The molecule has 1 atom stereocenters. The van der Waals surface area contributed by atoms with Crippen LogP contribution in [0.4, 0.5) is 0 Å². The van der Waals surface area contributed by atoms with Crippen molar-refractivity contribution >= 4 is 24.0 Å². The summed E-state index contributed by atoms with van der Waals surface area (Å²) < 4.78 is 0. The summed E-state index contributed by atoms with van der Waals surface area (Å²) in [6.07, 6.45) is 1.19. The number of aldehydes is 1. The van der Waals surface area contributed by atoms with E-state index in [2.05, 4.69) is 17.4 Å². The smallest absolute Gasteiger partial charge is 0.221 e. The van der Waals surface area contributed by atoms with Gasteiger partial charge in [0.1, 0.15) is 6.29 Å². The van der Waals surface area contributed by atoms with Gasteiger partial charge in [-0.3, -0.25) is 4.79 Å². The molecule has 0 spiro atoms. The highest BCUT2D eigenvalue weighted by Gasteiger charge is 2.05. The second kappa shape index (κ2) is 7.90. The number of hydrogen-bond acceptors (Lipinski definition) is 3. The van der Waals surface area contributed by atoms with E-state index in [9.17, 15) is 9.59 Å². The third kappa shape index (κ3) is 6.12. The van der Waals surface area contributed by atoms with Crippen LogP contribution in [0, 0.1) is 0 Å². The highest BCUT2D eigenvalue weighted by molar-refractivity contribution is 7.98. The van der Waals surface area contributed by atoms with Gasteiger partial charge in [0.25, 0.3) is 0 Å². The van der Waals surface area contributed by atoms with E-state index in [1.165, 1.54) is 5.56 Å². The Bertz CT molecular complexity index is 354. The molecule has 1 N–H and O–H groups in total. The molecule has 0 unspecified atom stereocenters. The predicted molar refractivity (Wildman–Crippen MR) is 70.9 cm³/mol. The number of rotatable bonds is 7.